The molecule has 0 aliphatic heterocycles. The smallest absolute Gasteiger partial charge is 0.160 e. The third-order valence-corrected chi connectivity index (χ3v) is 5.11. The van der Waals surface area contributed by atoms with Crippen LogP contribution in [-0.4, -0.2) is 6.29 Å². The lowest BCUT2D eigenvalue weighted by Crippen LogP contribution is -1.96. The summed E-state index contributed by atoms with van der Waals surface area (Å²) in [6.45, 7) is 2.54. The maximum absolute atomic E-state index is 11.5. The van der Waals surface area contributed by atoms with Crippen molar-refractivity contribution in [2.75, 3.05) is 5.73 Å². The molecule has 0 radical (unpaired) electrons. The lowest BCUT2D eigenvalue weighted by molar-refractivity contribution is 0.112. The van der Waals surface area contributed by atoms with Crippen LogP contribution in [-0.2, 0) is 6.54 Å². The van der Waals surface area contributed by atoms with Gasteiger partial charge in [0, 0.05) is 12.1 Å². The second kappa shape index (κ2) is 6.36. The molecule has 1 aromatic heterocycles. The molecule has 0 spiro atoms. The molecule has 0 amide bonds. The number of thiophene rings is 1. The zero-order chi connectivity index (χ0) is 16.4. The maximum atomic E-state index is 11.5. The highest BCUT2D eigenvalue weighted by Crippen LogP contribution is 2.44. The van der Waals surface area contributed by atoms with Gasteiger partial charge in [0.2, 0.25) is 0 Å². The van der Waals surface area contributed by atoms with E-state index in [1.807, 2.05) is 55.5 Å². The van der Waals surface area contributed by atoms with Crippen molar-refractivity contribution < 1.29 is 4.79 Å². The number of rotatable bonds is 4. The Bertz CT molecular complexity index is 850. The summed E-state index contributed by atoms with van der Waals surface area (Å²) >= 11 is 1.44. The van der Waals surface area contributed by atoms with Gasteiger partial charge in [-0.2, -0.15) is 0 Å². The zero-order valence-corrected chi connectivity index (χ0v) is 13.7. The van der Waals surface area contributed by atoms with Gasteiger partial charge in [0.05, 0.1) is 15.4 Å². The van der Waals surface area contributed by atoms with Crippen molar-refractivity contribution in [3.8, 4) is 21.6 Å². The van der Waals surface area contributed by atoms with Gasteiger partial charge in [-0.1, -0.05) is 48.5 Å². The van der Waals surface area contributed by atoms with Gasteiger partial charge in [-0.25, -0.2) is 0 Å². The van der Waals surface area contributed by atoms with Crippen molar-refractivity contribution in [2.24, 2.45) is 5.73 Å². The third-order valence-electron chi connectivity index (χ3n) is 3.95. The van der Waals surface area contributed by atoms with Crippen molar-refractivity contribution in [3.63, 3.8) is 0 Å². The van der Waals surface area contributed by atoms with Crippen molar-refractivity contribution >= 4 is 23.3 Å². The fraction of sp³-hybridized carbons (Fsp3) is 0.105. The molecular weight excluding hydrogens is 304 g/mol. The van der Waals surface area contributed by atoms with E-state index >= 15 is 0 Å². The van der Waals surface area contributed by atoms with Crippen LogP contribution in [0.1, 0.15) is 20.8 Å². The van der Waals surface area contributed by atoms with Gasteiger partial charge in [0.15, 0.2) is 6.29 Å². The van der Waals surface area contributed by atoms with Crippen molar-refractivity contribution in [3.05, 3.63) is 64.5 Å². The van der Waals surface area contributed by atoms with Gasteiger partial charge in [0.1, 0.15) is 0 Å². The summed E-state index contributed by atoms with van der Waals surface area (Å²) in [5.74, 6) is 0. The summed E-state index contributed by atoms with van der Waals surface area (Å²) in [6.07, 6.45) is 0.884. The van der Waals surface area contributed by atoms with E-state index in [1.54, 1.807) is 0 Å². The predicted octanol–water partition coefficient (Wildman–Crippen LogP) is 4.24. The molecule has 3 nitrogen and oxygen atoms in total. The molecular formula is C19H18N2OS. The highest BCUT2D eigenvalue weighted by Gasteiger charge is 2.19. The number of anilines is 1. The molecule has 0 unspecified atom stereocenters. The molecule has 0 bridgehead atoms. The van der Waals surface area contributed by atoms with Crippen LogP contribution < -0.4 is 11.5 Å². The Balaban J connectivity index is 2.18. The predicted molar refractivity (Wildman–Crippen MR) is 97.6 cm³/mol. The quantitative estimate of drug-likeness (QED) is 0.706. The van der Waals surface area contributed by atoms with Crippen LogP contribution >= 0.6 is 11.3 Å². The Hall–Kier alpha value is -2.43. The van der Waals surface area contributed by atoms with Crippen LogP contribution in [0.15, 0.2) is 48.5 Å². The first-order chi connectivity index (χ1) is 11.2. The second-order valence-corrected chi connectivity index (χ2v) is 6.47. The standard InChI is InChI=1S/C19H18N2OS/c1-12-4-2-3-5-15(12)19-18(21)17(16(11-22)23-19)14-8-6-13(10-20)7-9-14/h2-9,11H,10,20-21H2,1H3. The lowest BCUT2D eigenvalue weighted by atomic mass is 10.00. The number of carbonyl (C=O) groups excluding carboxylic acids is 1. The number of aldehydes is 1. The molecule has 116 valence electrons. The minimum absolute atomic E-state index is 0.494. The molecule has 0 aliphatic carbocycles. The van der Waals surface area contributed by atoms with E-state index in [-0.39, 0.29) is 0 Å². The largest absolute Gasteiger partial charge is 0.397 e. The fourth-order valence-corrected chi connectivity index (χ4v) is 3.83. The van der Waals surface area contributed by atoms with Gasteiger partial charge in [-0.3, -0.25) is 4.79 Å². The maximum Gasteiger partial charge on any atom is 0.160 e. The number of hydrogen-bond donors (Lipinski definition) is 2. The number of aryl methyl sites for hydroxylation is 1. The molecule has 3 aromatic rings. The van der Waals surface area contributed by atoms with E-state index < -0.39 is 0 Å². The Labute approximate surface area is 139 Å². The molecule has 0 atom stereocenters. The summed E-state index contributed by atoms with van der Waals surface area (Å²) in [4.78, 5) is 13.1. The monoisotopic (exact) mass is 322 g/mol. The molecule has 2 aromatic carbocycles. The number of benzene rings is 2. The molecule has 0 aliphatic rings. The van der Waals surface area contributed by atoms with Crippen LogP contribution in [0.4, 0.5) is 5.69 Å². The molecule has 1 heterocycles. The van der Waals surface area contributed by atoms with Gasteiger partial charge in [0.25, 0.3) is 0 Å². The first kappa shape index (κ1) is 15.5. The van der Waals surface area contributed by atoms with Gasteiger partial charge in [-0.15, -0.1) is 11.3 Å². The Morgan fingerprint density at radius 2 is 1.78 bits per heavy atom. The van der Waals surface area contributed by atoms with E-state index in [1.165, 1.54) is 11.3 Å². The van der Waals surface area contributed by atoms with E-state index in [0.717, 1.165) is 39.0 Å². The first-order valence-electron chi connectivity index (χ1n) is 7.38. The number of carbonyl (C=O) groups is 1. The summed E-state index contributed by atoms with van der Waals surface area (Å²) in [5.41, 5.74) is 17.7. The molecule has 4 heteroatoms. The van der Waals surface area contributed by atoms with Crippen molar-refractivity contribution in [2.45, 2.75) is 13.5 Å². The fourth-order valence-electron chi connectivity index (χ4n) is 2.68. The highest BCUT2D eigenvalue weighted by atomic mass is 32.1. The average molecular weight is 322 g/mol. The Morgan fingerprint density at radius 1 is 1.09 bits per heavy atom. The number of nitrogen functional groups attached to an aromatic ring is 1. The van der Waals surface area contributed by atoms with Gasteiger partial charge < -0.3 is 11.5 Å². The normalized spacial score (nSPS) is 10.7. The summed E-state index contributed by atoms with van der Waals surface area (Å²) in [6, 6.07) is 15.9. The topological polar surface area (TPSA) is 69.1 Å². The van der Waals surface area contributed by atoms with Crippen LogP contribution in [0.3, 0.4) is 0 Å². The number of nitrogens with two attached hydrogens (primary N) is 2. The molecule has 0 fully saturated rings. The minimum Gasteiger partial charge on any atom is -0.397 e. The van der Waals surface area contributed by atoms with E-state index in [9.17, 15) is 4.79 Å². The summed E-state index contributed by atoms with van der Waals surface area (Å²) < 4.78 is 0. The molecule has 23 heavy (non-hydrogen) atoms. The molecule has 3 rings (SSSR count). The molecule has 0 saturated carbocycles. The van der Waals surface area contributed by atoms with Crippen molar-refractivity contribution in [1.29, 1.82) is 0 Å². The zero-order valence-electron chi connectivity index (χ0n) is 12.9. The lowest BCUT2D eigenvalue weighted by Gasteiger charge is -2.06. The number of hydrogen-bond acceptors (Lipinski definition) is 4. The minimum atomic E-state index is 0.494. The summed E-state index contributed by atoms with van der Waals surface area (Å²) in [7, 11) is 0. The van der Waals surface area contributed by atoms with E-state index in [2.05, 4.69) is 0 Å². The van der Waals surface area contributed by atoms with Gasteiger partial charge >= 0.3 is 0 Å². The Morgan fingerprint density at radius 3 is 2.39 bits per heavy atom. The van der Waals surface area contributed by atoms with Crippen LogP contribution in [0.25, 0.3) is 21.6 Å². The van der Waals surface area contributed by atoms with Gasteiger partial charge in [-0.05, 0) is 29.2 Å². The SMILES string of the molecule is Cc1ccccc1-c1sc(C=O)c(-c2ccc(CN)cc2)c1N. The van der Waals surface area contributed by atoms with E-state index in [0.29, 0.717) is 17.1 Å². The van der Waals surface area contributed by atoms with Crippen molar-refractivity contribution in [1.82, 2.24) is 0 Å². The first-order valence-corrected chi connectivity index (χ1v) is 8.20. The Kier molecular flexibility index (Phi) is 4.28. The molecule has 4 N–H and O–H groups in total. The summed E-state index contributed by atoms with van der Waals surface area (Å²) in [5, 5.41) is 0. The van der Waals surface area contributed by atoms with Crippen LogP contribution in [0.5, 0.6) is 0 Å². The highest BCUT2D eigenvalue weighted by molar-refractivity contribution is 7.18. The van der Waals surface area contributed by atoms with Crippen LogP contribution in [0.2, 0.25) is 0 Å². The average Bonchev–Trinajstić information content (AvgIpc) is 2.92. The van der Waals surface area contributed by atoms with E-state index in [4.69, 9.17) is 11.5 Å². The second-order valence-electron chi connectivity index (χ2n) is 5.42. The molecule has 0 saturated heterocycles. The third kappa shape index (κ3) is 2.79. The van der Waals surface area contributed by atoms with Crippen LogP contribution in [0, 0.1) is 6.92 Å².